The molecule has 22 heavy (non-hydrogen) atoms. The molecule has 1 atom stereocenters. The maximum Gasteiger partial charge on any atom is 0.275 e. The Morgan fingerprint density at radius 1 is 1.14 bits per heavy atom. The fraction of sp³-hybridized carbons (Fsp3) is 0.176. The van der Waals surface area contributed by atoms with Gasteiger partial charge in [-0.1, -0.05) is 36.4 Å². The van der Waals surface area contributed by atoms with E-state index in [2.05, 4.69) is 0 Å². The molecule has 2 amide bonds. The summed E-state index contributed by atoms with van der Waals surface area (Å²) < 4.78 is 0. The molecule has 2 aromatic carbocycles. The average Bonchev–Trinajstić information content (AvgIpc) is 2.78. The molecule has 112 valence electrons. The summed E-state index contributed by atoms with van der Waals surface area (Å²) in [6, 6.07) is 14.0. The summed E-state index contributed by atoms with van der Waals surface area (Å²) in [5.74, 6) is -0.717. The van der Waals surface area contributed by atoms with Gasteiger partial charge >= 0.3 is 0 Å². The maximum atomic E-state index is 12.6. The van der Waals surface area contributed by atoms with E-state index in [1.807, 2.05) is 19.1 Å². The monoisotopic (exact) mass is 296 g/mol. The van der Waals surface area contributed by atoms with Gasteiger partial charge < -0.3 is 5.11 Å². The number of aliphatic hydroxyl groups is 1. The number of aryl methyl sites for hydroxylation is 1. The van der Waals surface area contributed by atoms with Crippen LogP contribution in [0.5, 0.6) is 0 Å². The van der Waals surface area contributed by atoms with Gasteiger partial charge in [0, 0.05) is 23.7 Å². The molecule has 0 radical (unpaired) electrons. The topological polar surface area (TPSA) is 60.9 Å². The van der Waals surface area contributed by atoms with Crippen molar-refractivity contribution in [1.82, 2.24) is 10.0 Å². The molecule has 1 aliphatic heterocycles. The smallest absolute Gasteiger partial charge is 0.275 e. The Balaban J connectivity index is 1.94. The first kappa shape index (κ1) is 14.3. The van der Waals surface area contributed by atoms with E-state index in [4.69, 9.17) is 0 Å². The van der Waals surface area contributed by atoms with Crippen LogP contribution in [0, 0.1) is 6.92 Å². The summed E-state index contributed by atoms with van der Waals surface area (Å²) in [5.41, 5.74) is 2.25. The van der Waals surface area contributed by atoms with Crippen LogP contribution in [-0.2, 0) is 0 Å². The number of hydrogen-bond acceptors (Lipinski definition) is 3. The third-order valence-electron chi connectivity index (χ3n) is 3.90. The molecule has 3 rings (SSSR count). The van der Waals surface area contributed by atoms with E-state index in [-0.39, 0.29) is 11.8 Å². The standard InChI is InChI=1S/C17H16N2O3/c1-11-7-3-4-8-12(11)15(20)18(2)19-16(21)13-9-5-6-10-14(13)17(19)22/h3-10,16,21H,1-2H3. The lowest BCUT2D eigenvalue weighted by Gasteiger charge is -2.31. The van der Waals surface area contributed by atoms with E-state index in [9.17, 15) is 14.7 Å². The highest BCUT2D eigenvalue weighted by molar-refractivity contribution is 6.02. The van der Waals surface area contributed by atoms with Gasteiger partial charge in [-0.15, -0.1) is 0 Å². The molecule has 1 unspecified atom stereocenters. The minimum Gasteiger partial charge on any atom is -0.368 e. The fourth-order valence-corrected chi connectivity index (χ4v) is 2.67. The van der Waals surface area contributed by atoms with Crippen LogP contribution in [0.1, 0.15) is 38.1 Å². The minimum atomic E-state index is -1.15. The van der Waals surface area contributed by atoms with Crippen LogP contribution in [0.4, 0.5) is 0 Å². The molecule has 0 fully saturated rings. The Morgan fingerprint density at radius 2 is 1.77 bits per heavy atom. The normalized spacial score (nSPS) is 16.6. The molecule has 0 bridgehead atoms. The number of nitrogens with zero attached hydrogens (tertiary/aromatic N) is 2. The molecule has 0 aliphatic carbocycles. The summed E-state index contributed by atoms with van der Waals surface area (Å²) in [4.78, 5) is 25.1. The van der Waals surface area contributed by atoms with Crippen molar-refractivity contribution >= 4 is 11.8 Å². The molecule has 5 heteroatoms. The van der Waals surface area contributed by atoms with Crippen molar-refractivity contribution < 1.29 is 14.7 Å². The van der Waals surface area contributed by atoms with Crippen LogP contribution >= 0.6 is 0 Å². The second-order valence-corrected chi connectivity index (χ2v) is 5.25. The van der Waals surface area contributed by atoms with E-state index >= 15 is 0 Å². The Labute approximate surface area is 128 Å². The zero-order valence-electron chi connectivity index (χ0n) is 12.4. The molecule has 5 nitrogen and oxygen atoms in total. The first-order chi connectivity index (χ1) is 10.5. The second kappa shape index (κ2) is 5.27. The number of aliphatic hydroxyl groups excluding tert-OH is 1. The van der Waals surface area contributed by atoms with Gasteiger partial charge in [-0.25, -0.2) is 10.0 Å². The van der Waals surface area contributed by atoms with Gasteiger partial charge in [0.05, 0.1) is 0 Å². The lowest BCUT2D eigenvalue weighted by Crippen LogP contribution is -2.46. The van der Waals surface area contributed by atoms with Crippen molar-refractivity contribution in [3.8, 4) is 0 Å². The number of benzene rings is 2. The molecular formula is C17H16N2O3. The van der Waals surface area contributed by atoms with Crippen molar-refractivity contribution in [2.45, 2.75) is 13.2 Å². The first-order valence-electron chi connectivity index (χ1n) is 6.96. The number of hydrazine groups is 1. The Morgan fingerprint density at radius 3 is 2.45 bits per heavy atom. The summed E-state index contributed by atoms with van der Waals surface area (Å²) in [7, 11) is 1.49. The predicted molar refractivity (Wildman–Crippen MR) is 80.8 cm³/mol. The van der Waals surface area contributed by atoms with E-state index in [1.165, 1.54) is 12.1 Å². The van der Waals surface area contributed by atoms with Gasteiger partial charge in [0.15, 0.2) is 6.23 Å². The lowest BCUT2D eigenvalue weighted by atomic mass is 10.1. The van der Waals surface area contributed by atoms with Crippen LogP contribution in [-0.4, -0.2) is 34.0 Å². The summed E-state index contributed by atoms with van der Waals surface area (Å²) in [6.45, 7) is 1.83. The number of carbonyl (C=O) groups excluding carboxylic acids is 2. The zero-order chi connectivity index (χ0) is 15.9. The largest absolute Gasteiger partial charge is 0.368 e. The van der Waals surface area contributed by atoms with Gasteiger partial charge in [-0.2, -0.15) is 0 Å². The highest BCUT2D eigenvalue weighted by Gasteiger charge is 2.39. The van der Waals surface area contributed by atoms with Gasteiger partial charge in [-0.3, -0.25) is 9.59 Å². The van der Waals surface area contributed by atoms with Gasteiger partial charge in [0.25, 0.3) is 11.8 Å². The SMILES string of the molecule is Cc1ccccc1C(=O)N(C)N1C(=O)c2ccccc2C1O. The van der Waals surface area contributed by atoms with Crippen molar-refractivity contribution in [2.24, 2.45) is 0 Å². The van der Waals surface area contributed by atoms with Crippen molar-refractivity contribution in [3.63, 3.8) is 0 Å². The van der Waals surface area contributed by atoms with Crippen LogP contribution in [0.25, 0.3) is 0 Å². The summed E-state index contributed by atoms with van der Waals surface area (Å²) >= 11 is 0. The van der Waals surface area contributed by atoms with Crippen molar-refractivity contribution in [1.29, 1.82) is 0 Å². The highest BCUT2D eigenvalue weighted by atomic mass is 16.3. The Kier molecular flexibility index (Phi) is 3.42. The number of rotatable bonds is 2. The zero-order valence-corrected chi connectivity index (χ0v) is 12.4. The third-order valence-corrected chi connectivity index (χ3v) is 3.90. The molecular weight excluding hydrogens is 280 g/mol. The van der Waals surface area contributed by atoms with Gasteiger partial charge in [0.1, 0.15) is 0 Å². The van der Waals surface area contributed by atoms with Gasteiger partial charge in [0.2, 0.25) is 0 Å². The van der Waals surface area contributed by atoms with Crippen LogP contribution in [0.3, 0.4) is 0 Å². The average molecular weight is 296 g/mol. The molecule has 0 saturated carbocycles. The van der Waals surface area contributed by atoms with Crippen LogP contribution in [0.15, 0.2) is 48.5 Å². The highest BCUT2D eigenvalue weighted by Crippen LogP contribution is 2.32. The number of hydrogen-bond donors (Lipinski definition) is 1. The molecule has 0 aromatic heterocycles. The second-order valence-electron chi connectivity index (χ2n) is 5.25. The Bertz CT molecular complexity index is 757. The summed E-state index contributed by atoms with van der Waals surface area (Å²) in [5, 5.41) is 12.6. The first-order valence-corrected chi connectivity index (χ1v) is 6.96. The molecule has 0 spiro atoms. The van der Waals surface area contributed by atoms with E-state index in [1.54, 1.807) is 36.4 Å². The van der Waals surface area contributed by atoms with Crippen molar-refractivity contribution in [2.75, 3.05) is 7.05 Å². The van der Waals surface area contributed by atoms with Crippen LogP contribution in [0.2, 0.25) is 0 Å². The van der Waals surface area contributed by atoms with Crippen LogP contribution < -0.4 is 0 Å². The van der Waals surface area contributed by atoms with E-state index < -0.39 is 6.23 Å². The quantitative estimate of drug-likeness (QED) is 0.923. The fourth-order valence-electron chi connectivity index (χ4n) is 2.67. The summed E-state index contributed by atoms with van der Waals surface area (Å²) in [6.07, 6.45) is -1.15. The number of amides is 2. The van der Waals surface area contributed by atoms with E-state index in [0.717, 1.165) is 10.6 Å². The van der Waals surface area contributed by atoms with Crippen molar-refractivity contribution in [3.05, 3.63) is 70.8 Å². The molecule has 0 saturated heterocycles. The number of fused-ring (bicyclic) bond motifs is 1. The molecule has 2 aromatic rings. The molecule has 1 heterocycles. The van der Waals surface area contributed by atoms with Gasteiger partial charge in [-0.05, 0) is 24.6 Å². The minimum absolute atomic E-state index is 0.335. The van der Waals surface area contributed by atoms with E-state index in [0.29, 0.717) is 16.7 Å². The molecule has 1 aliphatic rings. The molecule has 1 N–H and O–H groups in total. The predicted octanol–water partition coefficient (Wildman–Crippen LogP) is 2.13. The number of carbonyl (C=O) groups is 2. The Hall–Kier alpha value is -2.66. The third kappa shape index (κ3) is 2.07. The maximum absolute atomic E-state index is 12.6. The lowest BCUT2D eigenvalue weighted by molar-refractivity contribution is -0.0729.